The average molecular weight is 466 g/mol. The molecule has 0 aromatic rings. The smallest absolute Gasteiger partial charge is 0.357 e. The molecule has 0 aliphatic rings. The predicted molar refractivity (Wildman–Crippen MR) is 102 cm³/mol. The number of hydrogen-bond donors (Lipinski definition) is 2. The molecule has 0 saturated carbocycles. The quantitative estimate of drug-likeness (QED) is 0.263. The van der Waals surface area contributed by atoms with Gasteiger partial charge in [-0.1, -0.05) is 0 Å². The second kappa shape index (κ2) is 11.8. The van der Waals surface area contributed by atoms with Gasteiger partial charge in [0, 0.05) is 32.1 Å². The molecule has 1 amide bonds. The zero-order valence-corrected chi connectivity index (χ0v) is 17.4. The molecule has 0 unspecified atom stereocenters. The molecular weight excluding hydrogens is 436 g/mol. The van der Waals surface area contributed by atoms with Gasteiger partial charge in [0.05, 0.1) is 6.54 Å². The highest BCUT2D eigenvalue weighted by atomic mass is 127. The van der Waals surface area contributed by atoms with Crippen LogP contribution in [0.3, 0.4) is 0 Å². The van der Waals surface area contributed by atoms with E-state index in [-0.39, 0.29) is 48.4 Å². The number of aliphatic imine (C=N–C) groups is 1. The average Bonchev–Trinajstić information content (AvgIpc) is 2.33. The van der Waals surface area contributed by atoms with Crippen LogP contribution in [0.2, 0.25) is 0 Å². The first-order chi connectivity index (χ1) is 10.4. The summed E-state index contributed by atoms with van der Waals surface area (Å²) in [5.41, 5.74) is -0.314. The summed E-state index contributed by atoms with van der Waals surface area (Å²) < 4.78 is 36.2. The Hall–Kier alpha value is -0.740. The van der Waals surface area contributed by atoms with Gasteiger partial charge in [-0.25, -0.2) is 0 Å². The summed E-state index contributed by atoms with van der Waals surface area (Å²) in [6.07, 6.45) is -4.49. The number of nitrogens with zero attached hydrogens (tertiary/aromatic N) is 2. The molecule has 24 heavy (non-hydrogen) atoms. The summed E-state index contributed by atoms with van der Waals surface area (Å²) in [7, 11) is 1.72. The van der Waals surface area contributed by atoms with E-state index in [1.165, 1.54) is 0 Å². The Bertz CT molecular complexity index is 395. The molecule has 0 bridgehead atoms. The minimum absolute atomic E-state index is 0. The molecule has 0 spiro atoms. The number of alkyl halides is 3. The number of nitrogens with one attached hydrogen (secondary N) is 2. The van der Waals surface area contributed by atoms with Gasteiger partial charge in [-0.3, -0.25) is 9.79 Å². The van der Waals surface area contributed by atoms with Crippen LogP contribution >= 0.6 is 24.0 Å². The number of likely N-dealkylation sites (N-methyl/N-ethyl adjacent to an activating group) is 1. The number of carbonyl (C=O) groups excluding carboxylic acids is 1. The molecule has 0 atom stereocenters. The van der Waals surface area contributed by atoms with Crippen LogP contribution in [0, 0.1) is 0 Å². The molecule has 0 heterocycles. The lowest BCUT2D eigenvalue weighted by molar-refractivity contribution is -0.135. The standard InChI is InChI=1S/C15H29F3N4O.HI/c1-6-19-13(20-10-8-7-9-15(16,17)18)22(5)11-12(23)21-14(2,3)4;/h6-11H2,1-5H3,(H,19,20)(H,21,23);1H. The summed E-state index contributed by atoms with van der Waals surface area (Å²) in [6.45, 7) is 8.62. The molecule has 5 nitrogen and oxygen atoms in total. The van der Waals surface area contributed by atoms with Crippen LogP contribution in [0.1, 0.15) is 47.0 Å². The lowest BCUT2D eigenvalue weighted by Crippen LogP contribution is -2.48. The van der Waals surface area contributed by atoms with Crippen molar-refractivity contribution in [2.24, 2.45) is 4.99 Å². The van der Waals surface area contributed by atoms with Crippen LogP contribution in [-0.2, 0) is 4.79 Å². The molecule has 0 fully saturated rings. The Morgan fingerprint density at radius 1 is 1.17 bits per heavy atom. The summed E-state index contributed by atoms with van der Waals surface area (Å²) in [4.78, 5) is 17.8. The topological polar surface area (TPSA) is 56.7 Å². The Morgan fingerprint density at radius 2 is 1.75 bits per heavy atom. The van der Waals surface area contributed by atoms with E-state index in [0.717, 1.165) is 0 Å². The van der Waals surface area contributed by atoms with Crippen molar-refractivity contribution >= 4 is 35.8 Å². The third-order valence-corrected chi connectivity index (χ3v) is 2.72. The van der Waals surface area contributed by atoms with E-state index < -0.39 is 12.6 Å². The Balaban J connectivity index is 0. The first kappa shape index (κ1) is 25.5. The molecular formula is C15H30F3IN4O. The number of hydrogen-bond acceptors (Lipinski definition) is 2. The number of guanidine groups is 1. The van der Waals surface area contributed by atoms with E-state index in [1.54, 1.807) is 11.9 Å². The SMILES string of the molecule is CCNC(=NCCCCC(F)(F)F)N(C)CC(=O)NC(C)(C)C.I. The lowest BCUT2D eigenvalue weighted by atomic mass is 10.1. The summed E-state index contributed by atoms with van der Waals surface area (Å²) >= 11 is 0. The van der Waals surface area contributed by atoms with Gasteiger partial charge < -0.3 is 15.5 Å². The highest BCUT2D eigenvalue weighted by Crippen LogP contribution is 2.21. The normalized spacial score (nSPS) is 12.4. The molecule has 0 aliphatic heterocycles. The molecule has 0 aromatic carbocycles. The number of unbranched alkanes of at least 4 members (excludes halogenated alkanes) is 1. The van der Waals surface area contributed by atoms with Gasteiger partial charge >= 0.3 is 6.18 Å². The number of rotatable bonds is 7. The second-order valence-corrected chi connectivity index (χ2v) is 6.46. The van der Waals surface area contributed by atoms with Gasteiger partial charge in [0.2, 0.25) is 5.91 Å². The summed E-state index contributed by atoms with van der Waals surface area (Å²) in [5.74, 6) is 0.381. The van der Waals surface area contributed by atoms with E-state index in [4.69, 9.17) is 0 Å². The fourth-order valence-corrected chi connectivity index (χ4v) is 1.84. The van der Waals surface area contributed by atoms with Gasteiger partial charge in [-0.15, -0.1) is 24.0 Å². The van der Waals surface area contributed by atoms with Crippen molar-refractivity contribution in [2.45, 2.75) is 58.7 Å². The van der Waals surface area contributed by atoms with Gasteiger partial charge in [0.15, 0.2) is 5.96 Å². The van der Waals surface area contributed by atoms with E-state index in [2.05, 4.69) is 15.6 Å². The molecule has 9 heteroatoms. The van der Waals surface area contributed by atoms with Gasteiger partial charge in [0.25, 0.3) is 0 Å². The van der Waals surface area contributed by atoms with Gasteiger partial charge in [0.1, 0.15) is 0 Å². The number of carbonyl (C=O) groups is 1. The van der Waals surface area contributed by atoms with Crippen LogP contribution in [0.15, 0.2) is 4.99 Å². The molecule has 0 aromatic heterocycles. The van der Waals surface area contributed by atoms with E-state index in [9.17, 15) is 18.0 Å². The third-order valence-electron chi connectivity index (χ3n) is 2.72. The van der Waals surface area contributed by atoms with E-state index in [0.29, 0.717) is 25.5 Å². The molecule has 0 saturated heterocycles. The molecule has 0 rings (SSSR count). The maximum atomic E-state index is 12.1. The van der Waals surface area contributed by atoms with Crippen LogP contribution in [-0.4, -0.2) is 55.2 Å². The van der Waals surface area contributed by atoms with E-state index >= 15 is 0 Å². The predicted octanol–water partition coefficient (Wildman–Crippen LogP) is 3.15. The Kier molecular flexibility index (Phi) is 12.5. The van der Waals surface area contributed by atoms with E-state index in [1.807, 2.05) is 27.7 Å². The fraction of sp³-hybridized carbons (Fsp3) is 0.867. The Labute approximate surface area is 159 Å². The number of amides is 1. The maximum absolute atomic E-state index is 12.1. The molecule has 2 N–H and O–H groups in total. The molecule has 0 aliphatic carbocycles. The van der Waals surface area contributed by atoms with Crippen molar-refractivity contribution < 1.29 is 18.0 Å². The van der Waals surface area contributed by atoms with Crippen molar-refractivity contribution in [2.75, 3.05) is 26.7 Å². The first-order valence-corrected chi connectivity index (χ1v) is 7.82. The summed E-state index contributed by atoms with van der Waals surface area (Å²) in [5, 5.41) is 5.88. The third kappa shape index (κ3) is 14.8. The number of halogens is 4. The van der Waals surface area contributed by atoms with Crippen LogP contribution in [0.25, 0.3) is 0 Å². The first-order valence-electron chi connectivity index (χ1n) is 7.82. The van der Waals surface area contributed by atoms with Crippen LogP contribution in [0.5, 0.6) is 0 Å². The fourth-order valence-electron chi connectivity index (χ4n) is 1.84. The van der Waals surface area contributed by atoms with Crippen LogP contribution in [0.4, 0.5) is 13.2 Å². The van der Waals surface area contributed by atoms with Crippen molar-refractivity contribution in [3.05, 3.63) is 0 Å². The zero-order valence-electron chi connectivity index (χ0n) is 15.1. The minimum Gasteiger partial charge on any atom is -0.357 e. The molecule has 144 valence electrons. The van der Waals surface area contributed by atoms with Gasteiger partial charge in [-0.05, 0) is 40.5 Å². The minimum atomic E-state index is -4.12. The lowest BCUT2D eigenvalue weighted by Gasteiger charge is -2.25. The van der Waals surface area contributed by atoms with Crippen molar-refractivity contribution in [1.29, 1.82) is 0 Å². The zero-order chi connectivity index (χ0) is 18.1. The highest BCUT2D eigenvalue weighted by Gasteiger charge is 2.25. The second-order valence-electron chi connectivity index (χ2n) is 6.46. The largest absolute Gasteiger partial charge is 0.389 e. The maximum Gasteiger partial charge on any atom is 0.389 e. The monoisotopic (exact) mass is 466 g/mol. The molecule has 0 radical (unpaired) electrons. The highest BCUT2D eigenvalue weighted by molar-refractivity contribution is 14.0. The summed E-state index contributed by atoms with van der Waals surface area (Å²) in [6, 6.07) is 0. The van der Waals surface area contributed by atoms with Crippen molar-refractivity contribution in [3.8, 4) is 0 Å². The van der Waals surface area contributed by atoms with Crippen molar-refractivity contribution in [3.63, 3.8) is 0 Å². The van der Waals surface area contributed by atoms with Crippen LogP contribution < -0.4 is 10.6 Å². The van der Waals surface area contributed by atoms with Crippen molar-refractivity contribution in [1.82, 2.24) is 15.5 Å². The van der Waals surface area contributed by atoms with Gasteiger partial charge in [-0.2, -0.15) is 13.2 Å². The Morgan fingerprint density at radius 3 is 2.21 bits per heavy atom.